The monoisotopic (exact) mass is 333 g/mol. The first-order valence-corrected chi connectivity index (χ1v) is 8.94. The molecule has 0 aliphatic carbocycles. The Hall–Kier alpha value is -0.580. The minimum absolute atomic E-state index is 0.310. The summed E-state index contributed by atoms with van der Waals surface area (Å²) in [4.78, 5) is 0. The van der Waals surface area contributed by atoms with Crippen LogP contribution in [0.3, 0.4) is 0 Å². The Labute approximate surface area is 128 Å². The number of nitrogens with zero attached hydrogens (tertiary/aromatic N) is 1. The zero-order chi connectivity index (χ0) is 14.6. The second-order valence-corrected chi connectivity index (χ2v) is 8.51. The number of piperidine rings is 1. The van der Waals surface area contributed by atoms with Gasteiger partial charge in [-0.15, -0.1) is 17.8 Å². The molecule has 4 nitrogen and oxygen atoms in total. The summed E-state index contributed by atoms with van der Waals surface area (Å²) in [5.41, 5.74) is 0. The van der Waals surface area contributed by atoms with E-state index in [1.54, 1.807) is 12.1 Å². The summed E-state index contributed by atoms with van der Waals surface area (Å²) in [5, 5.41) is 0. The van der Waals surface area contributed by atoms with E-state index in [9.17, 15) is 8.42 Å². The van der Waals surface area contributed by atoms with Crippen molar-refractivity contribution in [2.75, 3.05) is 26.3 Å². The molecule has 1 fully saturated rings. The molecule has 20 heavy (non-hydrogen) atoms. The van der Waals surface area contributed by atoms with Crippen LogP contribution >= 0.6 is 22.9 Å². The summed E-state index contributed by atoms with van der Waals surface area (Å²) in [5.74, 6) is 2.80. The lowest BCUT2D eigenvalue weighted by molar-refractivity contribution is 0.101. The molecule has 1 aliphatic rings. The van der Waals surface area contributed by atoms with Gasteiger partial charge in [0.2, 0.25) is 0 Å². The molecule has 0 atom stereocenters. The van der Waals surface area contributed by atoms with E-state index in [2.05, 4.69) is 5.92 Å². The molecular weight excluding hydrogens is 318 g/mol. The standard InChI is InChI=1S/C13H16ClNO3S2/c1-2-9-18-10-11-5-7-15(8-6-11)20(16,17)13-4-3-12(14)19-13/h1,3-4,11H,5-10H2. The van der Waals surface area contributed by atoms with Gasteiger partial charge in [0.05, 0.1) is 10.9 Å². The average molecular weight is 334 g/mol. The fraction of sp³-hybridized carbons (Fsp3) is 0.538. The second-order valence-electron chi connectivity index (χ2n) is 4.63. The molecule has 1 aromatic rings. The molecule has 1 aromatic heterocycles. The molecular formula is C13H16ClNO3S2. The number of halogens is 1. The summed E-state index contributed by atoms with van der Waals surface area (Å²) < 4.78 is 32.4. The smallest absolute Gasteiger partial charge is 0.252 e. The van der Waals surface area contributed by atoms with Crippen LogP contribution in [0.25, 0.3) is 0 Å². The summed E-state index contributed by atoms with van der Waals surface area (Å²) in [7, 11) is -3.40. The zero-order valence-electron chi connectivity index (χ0n) is 10.9. The topological polar surface area (TPSA) is 46.6 Å². The second kappa shape index (κ2) is 6.92. The SMILES string of the molecule is C#CCOCC1CCN(S(=O)(=O)c2ccc(Cl)s2)CC1. The lowest BCUT2D eigenvalue weighted by Crippen LogP contribution is -2.39. The van der Waals surface area contributed by atoms with E-state index >= 15 is 0 Å². The maximum atomic E-state index is 12.4. The highest BCUT2D eigenvalue weighted by Gasteiger charge is 2.30. The predicted octanol–water partition coefficient (Wildman–Crippen LogP) is 2.45. The van der Waals surface area contributed by atoms with Gasteiger partial charge in [-0.1, -0.05) is 17.5 Å². The molecule has 0 amide bonds. The molecule has 2 rings (SSSR count). The first-order chi connectivity index (χ1) is 9.54. The van der Waals surface area contributed by atoms with Crippen LogP contribution < -0.4 is 0 Å². The zero-order valence-corrected chi connectivity index (χ0v) is 13.3. The third kappa shape index (κ3) is 3.74. The van der Waals surface area contributed by atoms with Crippen LogP contribution in [0.5, 0.6) is 0 Å². The van der Waals surface area contributed by atoms with Crippen molar-refractivity contribution in [1.29, 1.82) is 0 Å². The molecule has 0 unspecified atom stereocenters. The van der Waals surface area contributed by atoms with Gasteiger partial charge < -0.3 is 4.74 Å². The van der Waals surface area contributed by atoms with Gasteiger partial charge in [-0.05, 0) is 30.9 Å². The van der Waals surface area contributed by atoms with Gasteiger partial charge in [-0.3, -0.25) is 0 Å². The van der Waals surface area contributed by atoms with Crippen LogP contribution in [0.15, 0.2) is 16.3 Å². The van der Waals surface area contributed by atoms with E-state index in [1.807, 2.05) is 0 Å². The van der Waals surface area contributed by atoms with E-state index in [4.69, 9.17) is 22.8 Å². The van der Waals surface area contributed by atoms with E-state index in [0.717, 1.165) is 24.2 Å². The van der Waals surface area contributed by atoms with Crippen LogP contribution in [0, 0.1) is 18.3 Å². The van der Waals surface area contributed by atoms with Gasteiger partial charge in [0.15, 0.2) is 0 Å². The average Bonchev–Trinajstić information content (AvgIpc) is 2.87. The fourth-order valence-corrected chi connectivity index (χ4v) is 5.27. The number of hydrogen-bond donors (Lipinski definition) is 0. The number of thiophene rings is 1. The molecule has 0 saturated carbocycles. The predicted molar refractivity (Wildman–Crippen MR) is 80.5 cm³/mol. The Bertz CT molecular complexity index is 583. The van der Waals surface area contributed by atoms with Crippen LogP contribution in [0.1, 0.15) is 12.8 Å². The van der Waals surface area contributed by atoms with Crippen molar-refractivity contribution in [3.05, 3.63) is 16.5 Å². The van der Waals surface area contributed by atoms with Gasteiger partial charge in [0.25, 0.3) is 10.0 Å². The molecule has 110 valence electrons. The lowest BCUT2D eigenvalue weighted by Gasteiger charge is -2.30. The molecule has 2 heterocycles. The maximum absolute atomic E-state index is 12.4. The minimum Gasteiger partial charge on any atom is -0.369 e. The molecule has 7 heteroatoms. The summed E-state index contributed by atoms with van der Waals surface area (Å²) in [6, 6.07) is 3.17. The molecule has 1 aliphatic heterocycles. The number of ether oxygens (including phenoxy) is 1. The van der Waals surface area contributed by atoms with Gasteiger partial charge in [-0.2, -0.15) is 4.31 Å². The van der Waals surface area contributed by atoms with Crippen molar-refractivity contribution in [1.82, 2.24) is 4.31 Å². The molecule has 1 saturated heterocycles. The van der Waals surface area contributed by atoms with Gasteiger partial charge in [0.1, 0.15) is 10.8 Å². The highest BCUT2D eigenvalue weighted by Crippen LogP contribution is 2.30. The highest BCUT2D eigenvalue weighted by atomic mass is 35.5. The quantitative estimate of drug-likeness (QED) is 0.614. The molecule has 0 bridgehead atoms. The first-order valence-electron chi connectivity index (χ1n) is 6.30. The third-order valence-electron chi connectivity index (χ3n) is 3.26. The molecule has 0 N–H and O–H groups in total. The van der Waals surface area contributed by atoms with Crippen molar-refractivity contribution in [3.8, 4) is 12.3 Å². The maximum Gasteiger partial charge on any atom is 0.252 e. The van der Waals surface area contributed by atoms with Crippen molar-refractivity contribution >= 4 is 33.0 Å². The van der Waals surface area contributed by atoms with Crippen LogP contribution in [0.2, 0.25) is 4.34 Å². The number of terminal acetylenes is 1. The first kappa shape index (κ1) is 15.8. The summed E-state index contributed by atoms with van der Waals surface area (Å²) >= 11 is 6.90. The molecule has 0 aromatic carbocycles. The minimum atomic E-state index is -3.40. The largest absolute Gasteiger partial charge is 0.369 e. The van der Waals surface area contributed by atoms with E-state index < -0.39 is 10.0 Å². The Morgan fingerprint density at radius 1 is 1.45 bits per heavy atom. The summed E-state index contributed by atoms with van der Waals surface area (Å²) in [6.07, 6.45) is 6.71. The Morgan fingerprint density at radius 2 is 2.15 bits per heavy atom. The fourth-order valence-electron chi connectivity index (χ4n) is 2.16. The third-order valence-corrected chi connectivity index (χ3v) is 6.85. The molecule has 0 radical (unpaired) electrons. The van der Waals surface area contributed by atoms with Crippen molar-refractivity contribution < 1.29 is 13.2 Å². The number of hydrogen-bond acceptors (Lipinski definition) is 4. The molecule has 0 spiro atoms. The van der Waals surface area contributed by atoms with E-state index in [-0.39, 0.29) is 0 Å². The number of rotatable bonds is 5. The van der Waals surface area contributed by atoms with Gasteiger partial charge in [0, 0.05) is 13.1 Å². The highest BCUT2D eigenvalue weighted by molar-refractivity contribution is 7.91. The van der Waals surface area contributed by atoms with Crippen molar-refractivity contribution in [2.45, 2.75) is 17.1 Å². The number of sulfonamides is 1. The Morgan fingerprint density at radius 3 is 2.70 bits per heavy atom. The van der Waals surface area contributed by atoms with Crippen molar-refractivity contribution in [2.24, 2.45) is 5.92 Å². The Balaban J connectivity index is 1.92. The normalized spacial score (nSPS) is 18.0. The van der Waals surface area contributed by atoms with Crippen molar-refractivity contribution in [3.63, 3.8) is 0 Å². The van der Waals surface area contributed by atoms with Gasteiger partial charge >= 0.3 is 0 Å². The Kier molecular flexibility index (Phi) is 5.47. The lowest BCUT2D eigenvalue weighted by atomic mass is 9.99. The van der Waals surface area contributed by atoms with Gasteiger partial charge in [-0.25, -0.2) is 8.42 Å². The van der Waals surface area contributed by atoms with Crippen LogP contribution in [-0.2, 0) is 14.8 Å². The van der Waals surface area contributed by atoms with Crippen LogP contribution in [0.4, 0.5) is 0 Å². The van der Waals surface area contributed by atoms with Crippen LogP contribution in [-0.4, -0.2) is 39.0 Å². The summed E-state index contributed by atoms with van der Waals surface area (Å²) in [6.45, 7) is 1.94. The van der Waals surface area contributed by atoms with E-state index in [1.165, 1.54) is 4.31 Å². The van der Waals surface area contributed by atoms with E-state index in [0.29, 0.717) is 40.8 Å².